The van der Waals surface area contributed by atoms with Crippen molar-refractivity contribution in [2.45, 2.75) is 37.8 Å². The number of nitrogens with zero attached hydrogens (tertiary/aromatic N) is 4. The van der Waals surface area contributed by atoms with E-state index in [2.05, 4.69) is 15.7 Å². The van der Waals surface area contributed by atoms with Gasteiger partial charge >= 0.3 is 12.0 Å². The molecule has 5 amide bonds. The summed E-state index contributed by atoms with van der Waals surface area (Å²) in [4.78, 5) is 78.6. The Bertz CT molecular complexity index is 1230. The third kappa shape index (κ3) is 4.94. The Morgan fingerprint density at radius 1 is 1.17 bits per heavy atom. The Balaban J connectivity index is 1.57. The number of hydrazine groups is 2. The van der Waals surface area contributed by atoms with Gasteiger partial charge in [0.1, 0.15) is 18.0 Å². The number of carboxylic acids is 1. The molecule has 2 fully saturated rings. The fraction of sp³-hybridized carbons (Fsp3) is 0.348. The van der Waals surface area contributed by atoms with Crippen LogP contribution in [-0.2, 0) is 19.2 Å². The molecule has 13 heteroatoms. The summed E-state index contributed by atoms with van der Waals surface area (Å²) in [5.41, 5.74) is 2.59. The number of aliphatic carboxylic acids is 1. The zero-order valence-electron chi connectivity index (χ0n) is 19.1. The number of nitrogens with one attached hydrogen (secondary N) is 2. The lowest BCUT2D eigenvalue weighted by atomic mass is 10.1. The van der Waals surface area contributed by atoms with E-state index in [0.717, 1.165) is 20.4 Å². The first-order chi connectivity index (χ1) is 17.3. The van der Waals surface area contributed by atoms with Crippen LogP contribution in [0.25, 0.3) is 10.8 Å². The number of aromatic nitrogens is 1. The summed E-state index contributed by atoms with van der Waals surface area (Å²) in [5, 5.41) is 15.7. The van der Waals surface area contributed by atoms with E-state index in [4.69, 9.17) is 5.11 Å². The number of carbonyl (C=O) groups is 6. The van der Waals surface area contributed by atoms with Crippen LogP contribution >= 0.6 is 0 Å². The second-order valence-corrected chi connectivity index (χ2v) is 8.37. The molecular formula is C23H24N6O7. The Labute approximate surface area is 205 Å². The highest BCUT2D eigenvalue weighted by Crippen LogP contribution is 2.24. The van der Waals surface area contributed by atoms with Gasteiger partial charge in [-0.3, -0.25) is 29.6 Å². The van der Waals surface area contributed by atoms with Gasteiger partial charge in [0.2, 0.25) is 11.8 Å². The first-order valence-electron chi connectivity index (χ1n) is 11.3. The van der Waals surface area contributed by atoms with Gasteiger partial charge in [-0.05, 0) is 24.3 Å². The number of pyridine rings is 1. The number of fused-ring (bicyclic) bond motifs is 2. The number of hydrogen-bond donors (Lipinski definition) is 3. The Morgan fingerprint density at radius 3 is 2.69 bits per heavy atom. The van der Waals surface area contributed by atoms with Crippen molar-refractivity contribution in [3.63, 3.8) is 0 Å². The fourth-order valence-corrected chi connectivity index (χ4v) is 4.29. The van der Waals surface area contributed by atoms with Crippen LogP contribution in [0, 0.1) is 0 Å². The molecule has 2 saturated heterocycles. The van der Waals surface area contributed by atoms with Crippen molar-refractivity contribution in [1.82, 2.24) is 30.8 Å². The van der Waals surface area contributed by atoms with Crippen molar-refractivity contribution in [3.8, 4) is 0 Å². The van der Waals surface area contributed by atoms with E-state index in [9.17, 15) is 28.8 Å². The predicted octanol–water partition coefficient (Wildman–Crippen LogP) is 0.0717. The molecule has 2 aliphatic rings. The van der Waals surface area contributed by atoms with Crippen molar-refractivity contribution < 1.29 is 33.9 Å². The predicted molar refractivity (Wildman–Crippen MR) is 123 cm³/mol. The van der Waals surface area contributed by atoms with Crippen molar-refractivity contribution in [3.05, 3.63) is 42.2 Å². The Hall–Kier alpha value is -4.55. The quantitative estimate of drug-likeness (QED) is 0.452. The van der Waals surface area contributed by atoms with Crippen LogP contribution in [0.15, 0.2) is 36.5 Å². The maximum absolute atomic E-state index is 13.5. The molecule has 3 heterocycles. The Kier molecular flexibility index (Phi) is 7.08. The summed E-state index contributed by atoms with van der Waals surface area (Å²) in [7, 11) is 0. The molecule has 3 N–H and O–H groups in total. The van der Waals surface area contributed by atoms with Crippen molar-refractivity contribution >= 4 is 46.8 Å². The smallest absolute Gasteiger partial charge is 0.358 e. The van der Waals surface area contributed by atoms with E-state index in [0.29, 0.717) is 18.1 Å². The van der Waals surface area contributed by atoms with Gasteiger partial charge in [0.25, 0.3) is 5.91 Å². The molecule has 13 nitrogen and oxygen atoms in total. The van der Waals surface area contributed by atoms with Crippen LogP contribution in [0.3, 0.4) is 0 Å². The number of aldehydes is 1. The van der Waals surface area contributed by atoms with E-state index in [1.54, 1.807) is 18.2 Å². The van der Waals surface area contributed by atoms with E-state index in [-0.39, 0.29) is 31.6 Å². The highest BCUT2D eigenvalue weighted by Gasteiger charge is 2.44. The number of hydrogen-bond acceptors (Lipinski definition) is 7. The fourth-order valence-electron chi connectivity index (χ4n) is 4.29. The first kappa shape index (κ1) is 24.6. The Morgan fingerprint density at radius 2 is 1.94 bits per heavy atom. The van der Waals surface area contributed by atoms with Gasteiger partial charge in [-0.15, -0.1) is 0 Å². The molecule has 188 valence electrons. The van der Waals surface area contributed by atoms with E-state index >= 15 is 0 Å². The lowest BCUT2D eigenvalue weighted by Gasteiger charge is -2.42. The summed E-state index contributed by atoms with van der Waals surface area (Å²) < 4.78 is 0. The van der Waals surface area contributed by atoms with Crippen molar-refractivity contribution in [1.29, 1.82) is 0 Å². The molecule has 4 rings (SSSR count). The third-order valence-electron chi connectivity index (χ3n) is 5.98. The van der Waals surface area contributed by atoms with Crippen LogP contribution in [0.4, 0.5) is 4.79 Å². The minimum atomic E-state index is -1.29. The van der Waals surface area contributed by atoms with Gasteiger partial charge in [0.05, 0.1) is 19.0 Å². The monoisotopic (exact) mass is 496 g/mol. The van der Waals surface area contributed by atoms with Gasteiger partial charge < -0.3 is 15.2 Å². The molecule has 0 spiro atoms. The highest BCUT2D eigenvalue weighted by atomic mass is 16.4. The topological polar surface area (TPSA) is 169 Å². The summed E-state index contributed by atoms with van der Waals surface area (Å²) in [6.45, 7) is 0.0543. The molecule has 1 aromatic heterocycles. The second kappa shape index (κ2) is 10.4. The van der Waals surface area contributed by atoms with Gasteiger partial charge in [0, 0.05) is 24.5 Å². The first-order valence-corrected chi connectivity index (χ1v) is 11.3. The number of amides is 5. The lowest BCUT2D eigenvalue weighted by Crippen LogP contribution is -2.64. The summed E-state index contributed by atoms with van der Waals surface area (Å²) in [6, 6.07) is 5.56. The number of benzene rings is 1. The van der Waals surface area contributed by atoms with Gasteiger partial charge in [-0.1, -0.05) is 24.3 Å². The van der Waals surface area contributed by atoms with Crippen molar-refractivity contribution in [2.24, 2.45) is 0 Å². The third-order valence-corrected chi connectivity index (χ3v) is 5.98. The molecule has 0 radical (unpaired) electrons. The molecule has 0 aliphatic carbocycles. The van der Waals surface area contributed by atoms with Gasteiger partial charge in [0.15, 0.2) is 0 Å². The van der Waals surface area contributed by atoms with Gasteiger partial charge in [-0.2, -0.15) is 0 Å². The molecule has 2 aromatic rings. The average molecular weight is 496 g/mol. The molecule has 0 bridgehead atoms. The largest absolute Gasteiger partial charge is 0.481 e. The van der Waals surface area contributed by atoms with Crippen LogP contribution in [0.1, 0.15) is 36.2 Å². The van der Waals surface area contributed by atoms with Crippen molar-refractivity contribution in [2.75, 3.05) is 13.1 Å². The molecule has 0 unspecified atom stereocenters. The number of urea groups is 1. The SMILES string of the molecule is O=C[C@H](CC(=O)O)NC(=O)[C@@H]1CCCN2C(=O)CCN(NC(=O)c3nccc4ccccc34)C(=O)N12. The maximum Gasteiger partial charge on any atom is 0.358 e. The van der Waals surface area contributed by atoms with Crippen LogP contribution in [-0.4, -0.2) is 86.3 Å². The molecule has 2 aliphatic heterocycles. The molecule has 36 heavy (non-hydrogen) atoms. The minimum Gasteiger partial charge on any atom is -0.481 e. The molecular weight excluding hydrogens is 472 g/mol. The van der Waals surface area contributed by atoms with E-state index in [1.807, 2.05) is 12.1 Å². The van der Waals surface area contributed by atoms with Crippen LogP contribution < -0.4 is 10.7 Å². The lowest BCUT2D eigenvalue weighted by molar-refractivity contribution is -0.155. The van der Waals surface area contributed by atoms with Gasteiger partial charge in [-0.25, -0.2) is 19.8 Å². The zero-order chi connectivity index (χ0) is 25.8. The second-order valence-electron chi connectivity index (χ2n) is 8.37. The zero-order valence-corrected chi connectivity index (χ0v) is 19.1. The van der Waals surface area contributed by atoms with E-state index in [1.165, 1.54) is 6.20 Å². The number of carbonyl (C=O) groups excluding carboxylic acids is 5. The average Bonchev–Trinajstić information content (AvgIpc) is 2.99. The van der Waals surface area contributed by atoms with Crippen LogP contribution in [0.5, 0.6) is 0 Å². The molecule has 0 saturated carbocycles. The summed E-state index contributed by atoms with van der Waals surface area (Å²) >= 11 is 0. The minimum absolute atomic E-state index is 0.0868. The molecule has 2 atom stereocenters. The normalized spacial score (nSPS) is 18.8. The molecule has 1 aromatic carbocycles. The number of carboxylic acid groups (broad SMARTS) is 1. The van der Waals surface area contributed by atoms with Crippen LogP contribution in [0.2, 0.25) is 0 Å². The van der Waals surface area contributed by atoms with E-state index < -0.39 is 48.2 Å². The highest BCUT2D eigenvalue weighted by molar-refractivity contribution is 6.05. The summed E-state index contributed by atoms with van der Waals surface area (Å²) in [5.74, 6) is -3.14. The number of rotatable bonds is 7. The summed E-state index contributed by atoms with van der Waals surface area (Å²) in [6.07, 6.45) is 1.62. The maximum atomic E-state index is 13.5. The standard InChI is InChI=1S/C23H24N6O7/c30-13-15(12-19(32)33)25-21(34)17-6-3-10-28-18(31)8-11-27(23(36)29(17)28)26-22(35)20-16-5-2-1-4-14(16)7-9-24-20/h1-2,4-5,7,9,13,15,17H,3,6,8,10-12H2,(H,25,34)(H,26,35)(H,32,33)/t15-,17-/m0/s1.